The monoisotopic (exact) mass is 388 g/mol. The molecule has 0 spiro atoms. The van der Waals surface area contributed by atoms with Gasteiger partial charge < -0.3 is 19.5 Å². The van der Waals surface area contributed by atoms with Crippen molar-refractivity contribution in [1.29, 1.82) is 0 Å². The van der Waals surface area contributed by atoms with Crippen molar-refractivity contribution in [1.82, 2.24) is 24.2 Å². The van der Waals surface area contributed by atoms with Crippen molar-refractivity contribution in [3.05, 3.63) is 30.1 Å². The molecule has 2 aromatic heterocycles. The third-order valence-corrected chi connectivity index (χ3v) is 4.95. The highest BCUT2D eigenvalue weighted by Crippen LogP contribution is 2.15. The first-order valence-corrected chi connectivity index (χ1v) is 9.70. The third kappa shape index (κ3) is 4.78. The molecule has 9 nitrogen and oxygen atoms in total. The number of aryl methyl sites for hydroxylation is 4. The number of carbonyl (C=O) groups excluding carboxylic acids is 2. The number of hydrogen-bond acceptors (Lipinski definition) is 5. The summed E-state index contributed by atoms with van der Waals surface area (Å²) in [6, 6.07) is 0. The summed E-state index contributed by atoms with van der Waals surface area (Å²) in [6.45, 7) is 8.41. The van der Waals surface area contributed by atoms with Crippen LogP contribution in [0.3, 0.4) is 0 Å². The smallest absolute Gasteiger partial charge is 0.255 e. The lowest BCUT2D eigenvalue weighted by Gasteiger charge is -2.32. The number of carbonyl (C=O) groups is 2. The molecule has 1 saturated heterocycles. The highest BCUT2D eigenvalue weighted by molar-refractivity contribution is 5.95. The van der Waals surface area contributed by atoms with Crippen molar-refractivity contribution >= 4 is 17.5 Å². The predicted molar refractivity (Wildman–Crippen MR) is 104 cm³/mol. The molecule has 0 saturated carbocycles. The van der Waals surface area contributed by atoms with E-state index in [4.69, 9.17) is 4.74 Å². The quantitative estimate of drug-likeness (QED) is 0.773. The summed E-state index contributed by atoms with van der Waals surface area (Å²) < 4.78 is 9.40. The summed E-state index contributed by atoms with van der Waals surface area (Å²) in [5.74, 6) is 0.747. The van der Waals surface area contributed by atoms with Crippen molar-refractivity contribution in [2.24, 2.45) is 0 Å². The molecule has 1 N–H and O–H groups in total. The Balaban J connectivity index is 1.49. The van der Waals surface area contributed by atoms with Crippen LogP contribution in [0.15, 0.2) is 18.6 Å². The first-order chi connectivity index (χ1) is 13.5. The Morgan fingerprint density at radius 1 is 1.36 bits per heavy atom. The molecule has 0 aromatic carbocycles. The molecule has 0 radical (unpaired) electrons. The fourth-order valence-electron chi connectivity index (χ4n) is 3.25. The van der Waals surface area contributed by atoms with E-state index in [1.54, 1.807) is 22.0 Å². The molecular formula is C19H28N6O3. The zero-order valence-corrected chi connectivity index (χ0v) is 16.7. The number of nitrogens with one attached hydrogen (secondary N) is 1. The first-order valence-electron chi connectivity index (χ1n) is 9.70. The number of morpholine rings is 1. The fourth-order valence-corrected chi connectivity index (χ4v) is 3.25. The van der Waals surface area contributed by atoms with Gasteiger partial charge in [0.05, 0.1) is 24.5 Å². The highest BCUT2D eigenvalue weighted by Gasteiger charge is 2.29. The molecule has 152 valence electrons. The summed E-state index contributed by atoms with van der Waals surface area (Å²) in [6.07, 6.45) is 5.98. The van der Waals surface area contributed by atoms with E-state index in [2.05, 4.69) is 15.4 Å². The highest BCUT2D eigenvalue weighted by atomic mass is 16.5. The van der Waals surface area contributed by atoms with Gasteiger partial charge in [0, 0.05) is 44.6 Å². The number of anilines is 1. The Labute approximate surface area is 164 Å². The van der Waals surface area contributed by atoms with Gasteiger partial charge in [-0.3, -0.25) is 14.3 Å². The summed E-state index contributed by atoms with van der Waals surface area (Å²) in [5.41, 5.74) is 1.43. The Kier molecular flexibility index (Phi) is 6.45. The second-order valence-electron chi connectivity index (χ2n) is 6.94. The van der Waals surface area contributed by atoms with Crippen molar-refractivity contribution in [2.75, 3.05) is 25.0 Å². The third-order valence-electron chi connectivity index (χ3n) is 4.95. The minimum Gasteiger partial charge on any atom is -0.365 e. The topological polar surface area (TPSA) is 94.3 Å². The number of imidazole rings is 1. The van der Waals surface area contributed by atoms with E-state index in [-0.39, 0.29) is 18.4 Å². The molecule has 0 aliphatic carbocycles. The Morgan fingerprint density at radius 3 is 2.86 bits per heavy atom. The molecule has 3 rings (SSSR count). The van der Waals surface area contributed by atoms with Gasteiger partial charge in [-0.25, -0.2) is 4.98 Å². The van der Waals surface area contributed by atoms with E-state index < -0.39 is 6.10 Å². The van der Waals surface area contributed by atoms with Crippen LogP contribution in [-0.4, -0.2) is 61.8 Å². The van der Waals surface area contributed by atoms with Crippen LogP contribution >= 0.6 is 0 Å². The minimum atomic E-state index is -0.669. The van der Waals surface area contributed by atoms with Crippen LogP contribution in [0.5, 0.6) is 0 Å². The Morgan fingerprint density at radius 2 is 2.18 bits per heavy atom. The van der Waals surface area contributed by atoms with Crippen LogP contribution in [0.4, 0.5) is 5.69 Å². The number of amides is 2. The van der Waals surface area contributed by atoms with Crippen molar-refractivity contribution in [3.63, 3.8) is 0 Å². The van der Waals surface area contributed by atoms with Crippen molar-refractivity contribution in [2.45, 2.75) is 52.8 Å². The Hall–Kier alpha value is -2.68. The van der Waals surface area contributed by atoms with Gasteiger partial charge in [-0.2, -0.15) is 5.10 Å². The molecular weight excluding hydrogens is 360 g/mol. The average molecular weight is 388 g/mol. The summed E-state index contributed by atoms with van der Waals surface area (Å²) >= 11 is 0. The molecule has 3 heterocycles. The number of rotatable bonds is 7. The van der Waals surface area contributed by atoms with E-state index in [1.165, 1.54) is 0 Å². The number of nitrogens with zero attached hydrogens (tertiary/aromatic N) is 5. The molecule has 2 aromatic rings. The van der Waals surface area contributed by atoms with Gasteiger partial charge in [0.25, 0.3) is 5.91 Å². The average Bonchev–Trinajstić information content (AvgIpc) is 3.27. The van der Waals surface area contributed by atoms with Crippen molar-refractivity contribution < 1.29 is 14.3 Å². The minimum absolute atomic E-state index is 0.0499. The summed E-state index contributed by atoms with van der Waals surface area (Å²) in [7, 11) is 0. The molecule has 1 fully saturated rings. The predicted octanol–water partition coefficient (Wildman–Crippen LogP) is 1.36. The van der Waals surface area contributed by atoms with Gasteiger partial charge in [-0.15, -0.1) is 0 Å². The maximum absolute atomic E-state index is 12.6. The van der Waals surface area contributed by atoms with E-state index in [9.17, 15) is 9.59 Å². The SMILES string of the molecule is CCn1cc(NC(=O)C2CN(C(=O)CCCn3ccnc3C)CCO2)c(C)n1. The van der Waals surface area contributed by atoms with Crippen LogP contribution in [-0.2, 0) is 27.4 Å². The molecule has 1 aliphatic rings. The van der Waals surface area contributed by atoms with E-state index >= 15 is 0 Å². The lowest BCUT2D eigenvalue weighted by Crippen LogP contribution is -2.50. The molecule has 1 atom stereocenters. The van der Waals surface area contributed by atoms with E-state index in [0.717, 1.165) is 31.0 Å². The van der Waals surface area contributed by atoms with E-state index in [0.29, 0.717) is 25.3 Å². The Bertz CT molecular complexity index is 828. The summed E-state index contributed by atoms with van der Waals surface area (Å²) in [5, 5.41) is 7.19. The largest absolute Gasteiger partial charge is 0.365 e. The van der Waals surface area contributed by atoms with Crippen LogP contribution in [0.2, 0.25) is 0 Å². The maximum Gasteiger partial charge on any atom is 0.255 e. The van der Waals surface area contributed by atoms with Gasteiger partial charge in [0.15, 0.2) is 6.10 Å². The number of hydrogen-bond donors (Lipinski definition) is 1. The lowest BCUT2D eigenvalue weighted by atomic mass is 10.2. The van der Waals surface area contributed by atoms with Crippen LogP contribution in [0, 0.1) is 13.8 Å². The molecule has 9 heteroatoms. The van der Waals surface area contributed by atoms with Crippen LogP contribution < -0.4 is 5.32 Å². The molecule has 1 unspecified atom stereocenters. The van der Waals surface area contributed by atoms with E-state index in [1.807, 2.05) is 31.5 Å². The summed E-state index contributed by atoms with van der Waals surface area (Å²) in [4.78, 5) is 31.0. The number of ether oxygens (including phenoxy) is 1. The second kappa shape index (κ2) is 9.01. The number of aromatic nitrogens is 4. The molecule has 28 heavy (non-hydrogen) atoms. The van der Waals surface area contributed by atoms with Gasteiger partial charge in [0.2, 0.25) is 5.91 Å². The molecule has 2 amide bonds. The van der Waals surface area contributed by atoms with Crippen LogP contribution in [0.25, 0.3) is 0 Å². The van der Waals surface area contributed by atoms with Gasteiger partial charge in [-0.1, -0.05) is 0 Å². The van der Waals surface area contributed by atoms with Gasteiger partial charge >= 0.3 is 0 Å². The van der Waals surface area contributed by atoms with Crippen molar-refractivity contribution in [3.8, 4) is 0 Å². The second-order valence-corrected chi connectivity index (χ2v) is 6.94. The van der Waals surface area contributed by atoms with Gasteiger partial charge in [0.1, 0.15) is 5.82 Å². The standard InChI is InChI=1S/C19H28N6O3/c1-4-25-12-16(14(2)22-25)21-19(27)17-13-24(10-11-28-17)18(26)6-5-8-23-9-7-20-15(23)3/h7,9,12,17H,4-6,8,10-11,13H2,1-3H3,(H,21,27). The molecule has 1 aliphatic heterocycles. The normalized spacial score (nSPS) is 17.0. The van der Waals surface area contributed by atoms with Gasteiger partial charge in [-0.05, 0) is 27.2 Å². The lowest BCUT2D eigenvalue weighted by molar-refractivity contribution is -0.144. The first kappa shape index (κ1) is 20.1. The maximum atomic E-state index is 12.6. The van der Waals surface area contributed by atoms with Crippen LogP contribution in [0.1, 0.15) is 31.3 Å². The molecule has 0 bridgehead atoms. The zero-order valence-electron chi connectivity index (χ0n) is 16.7. The fraction of sp³-hybridized carbons (Fsp3) is 0.579. The zero-order chi connectivity index (χ0) is 20.1.